The fourth-order valence-corrected chi connectivity index (χ4v) is 7.03. The molecule has 1 heterocycles. The zero-order chi connectivity index (χ0) is 38.8. The van der Waals surface area contributed by atoms with E-state index in [1.807, 2.05) is 0 Å². The number of unbranched alkanes of at least 4 members (excludes halogenated alkanes) is 24. The molecule has 0 spiro atoms. The molecule has 0 radical (unpaired) electrons. The van der Waals surface area contributed by atoms with Crippen molar-refractivity contribution in [2.75, 3.05) is 72.7 Å². The van der Waals surface area contributed by atoms with Crippen LogP contribution in [0.25, 0.3) is 0 Å². The number of rotatable bonds is 40. The number of nitrogens with one attached hydrogen (secondary N) is 1. The van der Waals surface area contributed by atoms with Crippen molar-refractivity contribution < 1.29 is 19.0 Å². The first-order valence-corrected chi connectivity index (χ1v) is 23.5. The molecule has 7 nitrogen and oxygen atoms in total. The number of amides is 1. The van der Waals surface area contributed by atoms with Gasteiger partial charge in [0.05, 0.1) is 13.2 Å². The van der Waals surface area contributed by atoms with Crippen LogP contribution < -0.4 is 5.32 Å². The molecule has 1 N–H and O–H groups in total. The molecule has 1 aliphatic heterocycles. The summed E-state index contributed by atoms with van der Waals surface area (Å²) < 4.78 is 17.8. The SMILES string of the molecule is CCCCCCCC/C=C\CCCCCCCCOCC(COCCCCCCCC/C=C\CCCCCCCC)OC(=O)NCCN1CCN(C)CC1. The maximum absolute atomic E-state index is 12.7. The van der Waals surface area contributed by atoms with Gasteiger partial charge in [0.15, 0.2) is 6.10 Å². The summed E-state index contributed by atoms with van der Waals surface area (Å²) in [5.74, 6) is 0. The number of ether oxygens (including phenoxy) is 3. The molecule has 0 aromatic rings. The van der Waals surface area contributed by atoms with Crippen LogP contribution in [0.3, 0.4) is 0 Å². The lowest BCUT2D eigenvalue weighted by molar-refractivity contribution is -0.0293. The molecule has 0 aromatic carbocycles. The number of alkyl carbamates (subject to hydrolysis) is 1. The molecule has 0 atom stereocenters. The monoisotopic (exact) mass is 762 g/mol. The van der Waals surface area contributed by atoms with Gasteiger partial charge in [-0.25, -0.2) is 4.79 Å². The van der Waals surface area contributed by atoms with E-state index in [0.717, 1.165) is 45.6 Å². The van der Waals surface area contributed by atoms with Crippen LogP contribution in [0.1, 0.15) is 194 Å². The molecule has 0 unspecified atom stereocenters. The Bertz CT molecular complexity index is 784. The van der Waals surface area contributed by atoms with Gasteiger partial charge in [0.2, 0.25) is 0 Å². The molecule has 7 heteroatoms. The van der Waals surface area contributed by atoms with Gasteiger partial charge in [0, 0.05) is 52.5 Å². The average Bonchev–Trinajstić information content (AvgIpc) is 3.17. The molecule has 54 heavy (non-hydrogen) atoms. The predicted molar refractivity (Wildman–Crippen MR) is 233 cm³/mol. The second kappa shape index (κ2) is 41.2. The van der Waals surface area contributed by atoms with Gasteiger partial charge in [0.25, 0.3) is 0 Å². The topological polar surface area (TPSA) is 63.3 Å². The van der Waals surface area contributed by atoms with Crippen LogP contribution >= 0.6 is 0 Å². The molecule has 0 saturated carbocycles. The zero-order valence-corrected chi connectivity index (χ0v) is 36.3. The highest BCUT2D eigenvalue weighted by Gasteiger charge is 2.17. The van der Waals surface area contributed by atoms with E-state index in [-0.39, 0.29) is 12.2 Å². The summed E-state index contributed by atoms with van der Waals surface area (Å²) in [5.41, 5.74) is 0. The smallest absolute Gasteiger partial charge is 0.407 e. The van der Waals surface area contributed by atoms with E-state index in [4.69, 9.17) is 14.2 Å². The van der Waals surface area contributed by atoms with E-state index in [1.54, 1.807) is 0 Å². The second-order valence-corrected chi connectivity index (χ2v) is 16.1. The largest absolute Gasteiger partial charge is 0.441 e. The second-order valence-electron chi connectivity index (χ2n) is 16.1. The predicted octanol–water partition coefficient (Wildman–Crippen LogP) is 12.4. The Morgan fingerprint density at radius 1 is 0.537 bits per heavy atom. The number of nitrogens with zero attached hydrogens (tertiary/aromatic N) is 2. The standard InChI is InChI=1S/C47H91N3O4/c1-4-6-8-10-12-14-16-18-20-22-24-26-28-30-32-34-42-52-44-46(54-47(51)48-36-37-50-40-38-49(3)39-41-50)45-53-43-35-33-31-29-27-25-23-21-19-17-15-13-11-9-7-5-2/h18-21,46H,4-17,22-45H2,1-3H3,(H,48,51)/b20-18-,21-19-. The average molecular weight is 762 g/mol. The van der Waals surface area contributed by atoms with Crippen molar-refractivity contribution in [2.45, 2.75) is 200 Å². The molecule has 0 aliphatic carbocycles. The highest BCUT2D eigenvalue weighted by Crippen LogP contribution is 2.12. The minimum Gasteiger partial charge on any atom is -0.441 e. The van der Waals surface area contributed by atoms with Crippen LogP contribution in [0, 0.1) is 0 Å². The van der Waals surface area contributed by atoms with Crippen LogP contribution in [-0.4, -0.2) is 94.7 Å². The first kappa shape index (κ1) is 50.6. The van der Waals surface area contributed by atoms with Gasteiger partial charge < -0.3 is 24.4 Å². The first-order valence-electron chi connectivity index (χ1n) is 23.5. The third-order valence-electron chi connectivity index (χ3n) is 10.8. The van der Waals surface area contributed by atoms with Gasteiger partial charge >= 0.3 is 6.09 Å². The van der Waals surface area contributed by atoms with Gasteiger partial charge in [-0.15, -0.1) is 0 Å². The van der Waals surface area contributed by atoms with Gasteiger partial charge in [-0.3, -0.25) is 4.90 Å². The normalized spacial score (nSPS) is 14.3. The van der Waals surface area contributed by atoms with Crippen molar-refractivity contribution in [2.24, 2.45) is 0 Å². The Morgan fingerprint density at radius 3 is 1.31 bits per heavy atom. The fourth-order valence-electron chi connectivity index (χ4n) is 7.03. The minimum absolute atomic E-state index is 0.365. The van der Waals surface area contributed by atoms with Crippen LogP contribution in [-0.2, 0) is 14.2 Å². The van der Waals surface area contributed by atoms with Crippen molar-refractivity contribution in [1.29, 1.82) is 0 Å². The van der Waals surface area contributed by atoms with E-state index in [0.29, 0.717) is 33.0 Å². The van der Waals surface area contributed by atoms with Crippen LogP contribution in [0.4, 0.5) is 4.79 Å². The van der Waals surface area contributed by atoms with Crippen LogP contribution in [0.2, 0.25) is 0 Å². The van der Waals surface area contributed by atoms with Crippen LogP contribution in [0.5, 0.6) is 0 Å². The number of hydrogen-bond donors (Lipinski definition) is 1. The summed E-state index contributed by atoms with van der Waals surface area (Å²) in [6.07, 6.45) is 45.2. The lowest BCUT2D eigenvalue weighted by Gasteiger charge is -2.32. The third kappa shape index (κ3) is 36.2. The molecule has 0 bridgehead atoms. The summed E-state index contributed by atoms with van der Waals surface area (Å²) in [5, 5.41) is 2.96. The third-order valence-corrected chi connectivity index (χ3v) is 10.8. The number of piperazine rings is 1. The summed E-state index contributed by atoms with van der Waals surface area (Å²) >= 11 is 0. The van der Waals surface area contributed by atoms with Gasteiger partial charge in [-0.1, -0.05) is 154 Å². The lowest BCUT2D eigenvalue weighted by atomic mass is 10.1. The molecular formula is C47H91N3O4. The van der Waals surface area contributed by atoms with Crippen molar-refractivity contribution in [1.82, 2.24) is 15.1 Å². The molecule has 1 aliphatic rings. The van der Waals surface area contributed by atoms with E-state index in [1.165, 1.54) is 167 Å². The summed E-state index contributed by atoms with van der Waals surface area (Å²) in [6, 6.07) is 0. The maximum atomic E-state index is 12.7. The molecule has 1 amide bonds. The Hall–Kier alpha value is -1.41. The van der Waals surface area contributed by atoms with E-state index >= 15 is 0 Å². The number of carbonyl (C=O) groups excluding carboxylic acids is 1. The van der Waals surface area contributed by atoms with Crippen molar-refractivity contribution in [3.63, 3.8) is 0 Å². The Balaban J connectivity index is 2.13. The molecule has 1 rings (SSSR count). The molecule has 0 aromatic heterocycles. The number of allylic oxidation sites excluding steroid dienone is 4. The van der Waals surface area contributed by atoms with Crippen LogP contribution in [0.15, 0.2) is 24.3 Å². The number of hydrogen-bond acceptors (Lipinski definition) is 6. The molecule has 1 saturated heterocycles. The fraction of sp³-hybridized carbons (Fsp3) is 0.894. The molecular weight excluding hydrogens is 671 g/mol. The number of carbonyl (C=O) groups is 1. The Kier molecular flexibility index (Phi) is 38.6. The Morgan fingerprint density at radius 2 is 0.907 bits per heavy atom. The van der Waals surface area contributed by atoms with E-state index in [2.05, 4.69) is 60.3 Å². The lowest BCUT2D eigenvalue weighted by Crippen LogP contribution is -2.47. The summed E-state index contributed by atoms with van der Waals surface area (Å²) in [7, 11) is 2.16. The number of likely N-dealkylation sites (N-methyl/N-ethyl adjacent to an activating group) is 1. The highest BCUT2D eigenvalue weighted by molar-refractivity contribution is 5.67. The van der Waals surface area contributed by atoms with Gasteiger partial charge in [-0.2, -0.15) is 0 Å². The van der Waals surface area contributed by atoms with Crippen molar-refractivity contribution >= 4 is 6.09 Å². The van der Waals surface area contributed by atoms with E-state index in [9.17, 15) is 4.79 Å². The van der Waals surface area contributed by atoms with Crippen molar-refractivity contribution in [3.05, 3.63) is 24.3 Å². The summed E-state index contributed by atoms with van der Waals surface area (Å²) in [6.45, 7) is 12.5. The van der Waals surface area contributed by atoms with Gasteiger partial charge in [0.1, 0.15) is 0 Å². The maximum Gasteiger partial charge on any atom is 0.407 e. The Labute approximate surface area is 336 Å². The first-order chi connectivity index (χ1) is 26.7. The quantitative estimate of drug-likeness (QED) is 0.0495. The van der Waals surface area contributed by atoms with Gasteiger partial charge in [-0.05, 0) is 71.3 Å². The zero-order valence-electron chi connectivity index (χ0n) is 36.3. The minimum atomic E-state index is -0.378. The highest BCUT2D eigenvalue weighted by atomic mass is 16.6. The molecule has 1 fully saturated rings. The van der Waals surface area contributed by atoms with E-state index < -0.39 is 0 Å². The summed E-state index contributed by atoms with van der Waals surface area (Å²) in [4.78, 5) is 17.4. The molecule has 318 valence electrons. The van der Waals surface area contributed by atoms with Crippen molar-refractivity contribution in [3.8, 4) is 0 Å².